The highest BCUT2D eigenvalue weighted by molar-refractivity contribution is 5.95. The van der Waals surface area contributed by atoms with Crippen LogP contribution in [0.15, 0.2) is 48.5 Å². The number of rotatable bonds is 13. The number of piperidine rings is 1. The van der Waals surface area contributed by atoms with Gasteiger partial charge in [-0.2, -0.15) is 0 Å². The molecule has 9 nitrogen and oxygen atoms in total. The summed E-state index contributed by atoms with van der Waals surface area (Å²) in [4.78, 5) is 42.4. The normalized spacial score (nSPS) is 26.7. The Kier molecular flexibility index (Phi) is 11.0. The number of nitrogens with zero attached hydrogens (tertiary/aromatic N) is 1. The fourth-order valence-electron chi connectivity index (χ4n) is 8.33. The van der Waals surface area contributed by atoms with E-state index in [2.05, 4.69) is 66.7 Å². The van der Waals surface area contributed by atoms with Gasteiger partial charge in [-0.15, -0.1) is 0 Å². The third-order valence-electron chi connectivity index (χ3n) is 11.3. The largest absolute Gasteiger partial charge is 0.508 e. The highest BCUT2D eigenvalue weighted by Gasteiger charge is 2.62. The Bertz CT molecular complexity index is 1490. The number of hydrogen-bond donors (Lipinski definition) is 4. The summed E-state index contributed by atoms with van der Waals surface area (Å²) >= 11 is 0. The van der Waals surface area contributed by atoms with Crippen molar-refractivity contribution in [1.29, 1.82) is 0 Å². The van der Waals surface area contributed by atoms with Crippen LogP contribution in [0.25, 0.3) is 0 Å². The summed E-state index contributed by atoms with van der Waals surface area (Å²) in [5.41, 5.74) is 2.41. The van der Waals surface area contributed by atoms with E-state index >= 15 is 0 Å². The predicted octanol–water partition coefficient (Wildman–Crippen LogP) is 5.83. The molecule has 3 aliphatic rings. The second kappa shape index (κ2) is 14.7. The molecular formula is C40H58N4O5. The molecule has 0 spiro atoms. The van der Waals surface area contributed by atoms with E-state index < -0.39 is 23.2 Å². The molecular weight excluding hydrogens is 616 g/mol. The number of aromatic hydroxyl groups is 1. The lowest BCUT2D eigenvalue weighted by Gasteiger charge is -2.55. The van der Waals surface area contributed by atoms with Crippen molar-refractivity contribution < 1.29 is 24.2 Å². The molecule has 3 amide bonds. The first kappa shape index (κ1) is 36.7. The molecule has 5 rings (SSSR count). The standard InChI is InChI=1S/C40H58N4O5/c1-26(2)21-33(35(46)41-18-11-12-19-42-37(48)49-38(4,5)6)43-36(47)40(29-13-9-8-10-14-29)24-30(40)25-44-20-17-39(7)27(3)34(44)22-28-15-16-31(45)23-32(28)39/h8-10,13-16,23,26-27,30,33-34,45H,11-12,17-22,24-25H2,1-7H3,(H,41,46)(H,42,48)(H,43,47)/t27-,30-,33+,34-,39-,40+/m1/s1. The first-order chi connectivity index (χ1) is 23.1. The molecule has 1 aliphatic heterocycles. The maximum atomic E-state index is 14.4. The highest BCUT2D eigenvalue weighted by Crippen LogP contribution is 2.57. The minimum absolute atomic E-state index is 0.0109. The van der Waals surface area contributed by atoms with Crippen LogP contribution in [0, 0.1) is 17.8 Å². The second-order valence-corrected chi connectivity index (χ2v) is 16.4. The average molecular weight is 675 g/mol. The SMILES string of the molecule is CC(C)C[C@H](NC(=O)[C@]1(c2ccccc2)C[C@@H]1CN1CC[C@@]2(C)c3cc(O)ccc3C[C@@H]1[C@H]2C)C(=O)NCCCCNC(=O)OC(C)(C)C. The Morgan fingerprint density at radius 3 is 2.41 bits per heavy atom. The van der Waals surface area contributed by atoms with Gasteiger partial charge in [-0.05, 0) is 118 Å². The first-order valence-corrected chi connectivity index (χ1v) is 18.3. The lowest BCUT2D eigenvalue weighted by atomic mass is 9.59. The smallest absolute Gasteiger partial charge is 0.407 e. The van der Waals surface area contributed by atoms with Gasteiger partial charge >= 0.3 is 6.09 Å². The van der Waals surface area contributed by atoms with Gasteiger partial charge in [-0.1, -0.05) is 64.1 Å². The van der Waals surface area contributed by atoms with Gasteiger partial charge in [0.15, 0.2) is 0 Å². The Morgan fingerprint density at radius 2 is 1.73 bits per heavy atom. The van der Waals surface area contributed by atoms with Gasteiger partial charge < -0.3 is 25.8 Å². The number of likely N-dealkylation sites (tertiary alicyclic amines) is 1. The Labute approximate surface area is 292 Å². The van der Waals surface area contributed by atoms with Crippen LogP contribution in [0.1, 0.15) is 97.3 Å². The maximum absolute atomic E-state index is 14.4. The fourth-order valence-corrected chi connectivity index (χ4v) is 8.33. The molecule has 0 radical (unpaired) electrons. The van der Waals surface area contributed by atoms with Crippen LogP contribution < -0.4 is 16.0 Å². The van der Waals surface area contributed by atoms with Crippen LogP contribution in [0.5, 0.6) is 5.75 Å². The van der Waals surface area contributed by atoms with E-state index in [9.17, 15) is 19.5 Å². The molecule has 2 fully saturated rings. The highest BCUT2D eigenvalue weighted by atomic mass is 16.6. The number of fused-ring (bicyclic) bond motifs is 4. The zero-order chi connectivity index (χ0) is 35.6. The van der Waals surface area contributed by atoms with Crippen molar-refractivity contribution in [3.05, 3.63) is 65.2 Å². The van der Waals surface area contributed by atoms with Crippen molar-refractivity contribution in [2.24, 2.45) is 17.8 Å². The second-order valence-electron chi connectivity index (χ2n) is 16.4. The minimum Gasteiger partial charge on any atom is -0.508 e. The molecule has 49 heavy (non-hydrogen) atoms. The molecule has 1 saturated heterocycles. The van der Waals surface area contributed by atoms with Gasteiger partial charge in [0.25, 0.3) is 0 Å². The molecule has 2 bridgehead atoms. The molecule has 0 unspecified atom stereocenters. The number of amides is 3. The van der Waals surface area contributed by atoms with Crippen molar-refractivity contribution in [3.8, 4) is 5.75 Å². The zero-order valence-electron chi connectivity index (χ0n) is 30.6. The number of phenolic OH excluding ortho intramolecular Hbond substituents is 1. The molecule has 1 saturated carbocycles. The van der Waals surface area contributed by atoms with Gasteiger partial charge in [0.05, 0.1) is 5.41 Å². The van der Waals surface area contributed by atoms with Gasteiger partial charge in [0.1, 0.15) is 17.4 Å². The Hall–Kier alpha value is -3.59. The van der Waals surface area contributed by atoms with Gasteiger partial charge in [-0.25, -0.2) is 4.79 Å². The molecule has 1 heterocycles. The van der Waals surface area contributed by atoms with Crippen LogP contribution in [-0.2, 0) is 31.6 Å². The number of carbonyl (C=O) groups excluding carboxylic acids is 3. The summed E-state index contributed by atoms with van der Waals surface area (Å²) in [6.07, 6.45) is 4.20. The summed E-state index contributed by atoms with van der Waals surface area (Å²) in [5, 5.41) is 19.3. The van der Waals surface area contributed by atoms with Crippen molar-refractivity contribution in [2.75, 3.05) is 26.2 Å². The Balaban J connectivity index is 1.22. The van der Waals surface area contributed by atoms with Gasteiger partial charge in [0.2, 0.25) is 11.8 Å². The van der Waals surface area contributed by atoms with Crippen molar-refractivity contribution >= 4 is 17.9 Å². The summed E-state index contributed by atoms with van der Waals surface area (Å²) in [6.45, 7) is 17.0. The number of unbranched alkanes of at least 4 members (excludes halogenated alkanes) is 1. The number of hydrogen-bond acceptors (Lipinski definition) is 6. The van der Waals surface area contributed by atoms with Crippen molar-refractivity contribution in [2.45, 2.75) is 116 Å². The molecule has 4 N–H and O–H groups in total. The summed E-state index contributed by atoms with van der Waals surface area (Å²) in [7, 11) is 0. The number of ether oxygens (including phenoxy) is 1. The van der Waals surface area contributed by atoms with Gasteiger partial charge in [-0.3, -0.25) is 14.5 Å². The van der Waals surface area contributed by atoms with E-state index in [1.807, 2.05) is 45.0 Å². The minimum atomic E-state index is -0.674. The van der Waals surface area contributed by atoms with Crippen molar-refractivity contribution in [3.63, 3.8) is 0 Å². The molecule has 268 valence electrons. The summed E-state index contributed by atoms with van der Waals surface area (Å²) < 4.78 is 5.27. The lowest BCUT2D eigenvalue weighted by molar-refractivity contribution is -0.131. The number of benzene rings is 2. The third-order valence-corrected chi connectivity index (χ3v) is 11.3. The van der Waals surface area contributed by atoms with Crippen molar-refractivity contribution in [1.82, 2.24) is 20.9 Å². The van der Waals surface area contributed by atoms with Gasteiger partial charge in [0, 0.05) is 25.7 Å². The monoisotopic (exact) mass is 674 g/mol. The van der Waals surface area contributed by atoms with E-state index in [0.29, 0.717) is 50.1 Å². The van der Waals surface area contributed by atoms with E-state index in [-0.39, 0.29) is 29.1 Å². The molecule has 0 aromatic heterocycles. The number of phenols is 1. The van der Waals surface area contributed by atoms with E-state index in [4.69, 9.17) is 4.74 Å². The Morgan fingerprint density at radius 1 is 1.04 bits per heavy atom. The molecule has 6 atom stereocenters. The van der Waals surface area contributed by atoms with Crippen LogP contribution in [0.2, 0.25) is 0 Å². The van der Waals surface area contributed by atoms with E-state index in [1.165, 1.54) is 11.1 Å². The number of carbonyl (C=O) groups is 3. The summed E-state index contributed by atoms with van der Waals surface area (Å²) in [5.74, 6) is 0.886. The van der Waals surface area contributed by atoms with Crippen LogP contribution >= 0.6 is 0 Å². The summed E-state index contributed by atoms with van der Waals surface area (Å²) in [6, 6.07) is 15.7. The van der Waals surface area contributed by atoms with E-state index in [0.717, 1.165) is 37.9 Å². The molecule has 9 heteroatoms. The van der Waals surface area contributed by atoms with Crippen LogP contribution in [0.4, 0.5) is 4.79 Å². The third kappa shape index (κ3) is 8.25. The zero-order valence-corrected chi connectivity index (χ0v) is 30.6. The molecule has 2 aliphatic carbocycles. The first-order valence-electron chi connectivity index (χ1n) is 18.3. The quantitative estimate of drug-likeness (QED) is 0.199. The van der Waals surface area contributed by atoms with E-state index in [1.54, 1.807) is 6.07 Å². The number of alkyl carbamates (subject to hydrolysis) is 1. The number of nitrogens with one attached hydrogen (secondary N) is 3. The predicted molar refractivity (Wildman–Crippen MR) is 192 cm³/mol. The average Bonchev–Trinajstić information content (AvgIpc) is 3.76. The van der Waals surface area contributed by atoms with Crippen LogP contribution in [0.3, 0.4) is 0 Å². The van der Waals surface area contributed by atoms with Crippen LogP contribution in [-0.4, -0.2) is 71.8 Å². The lowest BCUT2D eigenvalue weighted by Crippen LogP contribution is -2.58. The maximum Gasteiger partial charge on any atom is 0.407 e. The topological polar surface area (TPSA) is 120 Å². The molecule has 2 aromatic carbocycles. The fraction of sp³-hybridized carbons (Fsp3) is 0.625. The molecule has 2 aromatic rings.